The summed E-state index contributed by atoms with van der Waals surface area (Å²) in [5.41, 5.74) is 0.285. The lowest BCUT2D eigenvalue weighted by atomic mass is 9.89. The van der Waals surface area contributed by atoms with Crippen LogP contribution in [0.2, 0.25) is 0 Å². The van der Waals surface area contributed by atoms with Crippen LogP contribution in [0.4, 0.5) is 5.82 Å². The highest BCUT2D eigenvalue weighted by Crippen LogP contribution is 2.36. The predicted molar refractivity (Wildman–Crippen MR) is 103 cm³/mol. The number of fused-ring (bicyclic) bond motifs is 1. The summed E-state index contributed by atoms with van der Waals surface area (Å²) in [4.78, 5) is 11.1. The van der Waals surface area contributed by atoms with Crippen molar-refractivity contribution in [2.24, 2.45) is 0 Å². The van der Waals surface area contributed by atoms with E-state index in [0.717, 1.165) is 53.5 Å². The van der Waals surface area contributed by atoms with E-state index >= 15 is 0 Å². The minimum Gasteiger partial charge on any atom is -0.493 e. The van der Waals surface area contributed by atoms with Gasteiger partial charge in [-0.3, -0.25) is 0 Å². The molecule has 0 aliphatic carbocycles. The van der Waals surface area contributed by atoms with E-state index in [1.165, 1.54) is 0 Å². The minimum atomic E-state index is -0.540. The van der Waals surface area contributed by atoms with E-state index in [-0.39, 0.29) is 0 Å². The largest absolute Gasteiger partial charge is 0.493 e. The SMILES string of the molecule is COc1cc2ncnc(N3CCC(O)(CCI)CC3)c2cc1OC. The number of alkyl halides is 1. The van der Waals surface area contributed by atoms with Gasteiger partial charge in [0, 0.05) is 29.0 Å². The molecular formula is C17H22IN3O3. The van der Waals surface area contributed by atoms with Crippen molar-refractivity contribution in [2.75, 3.05) is 36.6 Å². The number of hydrogen-bond donors (Lipinski definition) is 1. The molecule has 1 aromatic carbocycles. The molecule has 2 heterocycles. The van der Waals surface area contributed by atoms with Crippen LogP contribution in [-0.4, -0.2) is 52.4 Å². The van der Waals surface area contributed by atoms with Crippen LogP contribution in [0.5, 0.6) is 11.5 Å². The summed E-state index contributed by atoms with van der Waals surface area (Å²) >= 11 is 2.32. The van der Waals surface area contributed by atoms with Crippen molar-refractivity contribution < 1.29 is 14.6 Å². The fraction of sp³-hybridized carbons (Fsp3) is 0.529. The molecule has 0 unspecified atom stereocenters. The van der Waals surface area contributed by atoms with Crippen LogP contribution in [-0.2, 0) is 0 Å². The van der Waals surface area contributed by atoms with Gasteiger partial charge in [0.15, 0.2) is 11.5 Å². The number of ether oxygens (including phenoxy) is 2. The van der Waals surface area contributed by atoms with Gasteiger partial charge in [0.2, 0.25) is 0 Å². The predicted octanol–water partition coefficient (Wildman–Crippen LogP) is 2.80. The molecule has 0 saturated carbocycles. The molecule has 1 aliphatic heterocycles. The molecule has 0 amide bonds. The normalized spacial score (nSPS) is 17.1. The first-order valence-corrected chi connectivity index (χ1v) is 9.53. The first-order valence-electron chi connectivity index (χ1n) is 8.00. The lowest BCUT2D eigenvalue weighted by Gasteiger charge is -2.38. The smallest absolute Gasteiger partial charge is 0.162 e. The Morgan fingerprint density at radius 3 is 2.46 bits per heavy atom. The van der Waals surface area contributed by atoms with Crippen LogP contribution in [0.25, 0.3) is 10.9 Å². The zero-order valence-corrected chi connectivity index (χ0v) is 16.1. The monoisotopic (exact) mass is 443 g/mol. The topological polar surface area (TPSA) is 67.7 Å². The Hall–Kier alpha value is -1.35. The number of methoxy groups -OCH3 is 2. The van der Waals surface area contributed by atoms with Gasteiger partial charge in [-0.1, -0.05) is 22.6 Å². The number of halogens is 1. The summed E-state index contributed by atoms with van der Waals surface area (Å²) in [5, 5.41) is 11.5. The summed E-state index contributed by atoms with van der Waals surface area (Å²) < 4.78 is 11.7. The molecule has 1 aromatic heterocycles. The maximum Gasteiger partial charge on any atom is 0.162 e. The van der Waals surface area contributed by atoms with Gasteiger partial charge in [-0.25, -0.2) is 9.97 Å². The van der Waals surface area contributed by atoms with Gasteiger partial charge < -0.3 is 19.5 Å². The molecule has 1 saturated heterocycles. The molecule has 1 N–H and O–H groups in total. The van der Waals surface area contributed by atoms with Crippen LogP contribution in [0.3, 0.4) is 0 Å². The van der Waals surface area contributed by atoms with Gasteiger partial charge in [-0.15, -0.1) is 0 Å². The van der Waals surface area contributed by atoms with Crippen LogP contribution in [0, 0.1) is 0 Å². The van der Waals surface area contributed by atoms with Crippen LogP contribution < -0.4 is 14.4 Å². The lowest BCUT2D eigenvalue weighted by Crippen LogP contribution is -2.45. The molecule has 24 heavy (non-hydrogen) atoms. The summed E-state index contributed by atoms with van der Waals surface area (Å²) in [6, 6.07) is 3.80. The molecular weight excluding hydrogens is 421 g/mol. The number of hydrogen-bond acceptors (Lipinski definition) is 6. The fourth-order valence-corrected chi connectivity index (χ4v) is 4.19. The van der Waals surface area contributed by atoms with Crippen molar-refractivity contribution >= 4 is 39.3 Å². The van der Waals surface area contributed by atoms with Crippen molar-refractivity contribution in [1.82, 2.24) is 9.97 Å². The number of rotatable bonds is 5. The number of piperidine rings is 1. The molecule has 6 nitrogen and oxygen atoms in total. The van der Waals surface area contributed by atoms with E-state index in [4.69, 9.17) is 9.47 Å². The van der Waals surface area contributed by atoms with Crippen molar-refractivity contribution in [2.45, 2.75) is 24.9 Å². The van der Waals surface area contributed by atoms with Crippen molar-refractivity contribution in [1.29, 1.82) is 0 Å². The zero-order valence-electron chi connectivity index (χ0n) is 14.0. The second-order valence-electron chi connectivity index (χ2n) is 6.07. The lowest BCUT2D eigenvalue weighted by molar-refractivity contribution is 0.0143. The molecule has 130 valence electrons. The molecule has 0 radical (unpaired) electrons. The van der Waals surface area contributed by atoms with E-state index in [0.29, 0.717) is 11.5 Å². The van der Waals surface area contributed by atoms with E-state index in [1.807, 2.05) is 12.1 Å². The first-order chi connectivity index (χ1) is 11.6. The number of anilines is 1. The molecule has 3 rings (SSSR count). The molecule has 1 aliphatic rings. The van der Waals surface area contributed by atoms with Gasteiger partial charge in [0.1, 0.15) is 12.1 Å². The molecule has 0 spiro atoms. The zero-order chi connectivity index (χ0) is 17.2. The van der Waals surface area contributed by atoms with Gasteiger partial charge in [0.05, 0.1) is 25.3 Å². The number of benzene rings is 1. The first kappa shape index (κ1) is 17.5. The molecule has 1 fully saturated rings. The Balaban J connectivity index is 1.93. The number of nitrogens with zero attached hydrogens (tertiary/aromatic N) is 3. The highest BCUT2D eigenvalue weighted by atomic mass is 127. The Morgan fingerprint density at radius 1 is 1.17 bits per heavy atom. The van der Waals surface area contributed by atoms with Crippen LogP contribution in [0.15, 0.2) is 18.5 Å². The molecule has 0 bridgehead atoms. The Bertz CT molecular complexity index is 718. The van der Waals surface area contributed by atoms with E-state index in [1.54, 1.807) is 20.5 Å². The third-order valence-corrected chi connectivity index (χ3v) is 5.21. The molecule has 0 atom stereocenters. The molecule has 7 heteroatoms. The van der Waals surface area contributed by atoms with Crippen molar-refractivity contribution in [3.05, 3.63) is 18.5 Å². The third kappa shape index (κ3) is 3.37. The van der Waals surface area contributed by atoms with Gasteiger partial charge in [-0.05, 0) is 25.3 Å². The Labute approximate surface area is 155 Å². The summed E-state index contributed by atoms with van der Waals surface area (Å²) in [7, 11) is 3.24. The van der Waals surface area contributed by atoms with Gasteiger partial charge in [-0.2, -0.15) is 0 Å². The summed E-state index contributed by atoms with van der Waals surface area (Å²) in [6.07, 6.45) is 3.94. The third-order valence-electron chi connectivity index (χ3n) is 4.67. The Morgan fingerprint density at radius 2 is 1.83 bits per heavy atom. The van der Waals surface area contributed by atoms with Gasteiger partial charge in [0.25, 0.3) is 0 Å². The summed E-state index contributed by atoms with van der Waals surface area (Å²) in [6.45, 7) is 1.57. The fourth-order valence-electron chi connectivity index (χ4n) is 3.18. The van der Waals surface area contributed by atoms with E-state index in [2.05, 4.69) is 37.5 Å². The second kappa shape index (κ2) is 7.26. The standard InChI is InChI=1S/C17H22IN3O3/c1-23-14-9-12-13(10-15(14)24-2)19-11-20-16(12)21-7-4-17(22,3-6-18)5-8-21/h9-11,22H,3-8H2,1-2H3. The molecule has 2 aromatic rings. The number of aromatic nitrogens is 2. The minimum absolute atomic E-state index is 0.540. The second-order valence-corrected chi connectivity index (χ2v) is 7.15. The maximum absolute atomic E-state index is 10.6. The summed E-state index contributed by atoms with van der Waals surface area (Å²) in [5.74, 6) is 2.21. The van der Waals surface area contributed by atoms with E-state index in [9.17, 15) is 5.11 Å². The van der Waals surface area contributed by atoms with Crippen molar-refractivity contribution in [3.63, 3.8) is 0 Å². The van der Waals surface area contributed by atoms with Gasteiger partial charge >= 0.3 is 0 Å². The Kier molecular flexibility index (Phi) is 5.29. The maximum atomic E-state index is 10.6. The quantitative estimate of drug-likeness (QED) is 0.567. The van der Waals surface area contributed by atoms with E-state index < -0.39 is 5.60 Å². The van der Waals surface area contributed by atoms with Crippen LogP contribution >= 0.6 is 22.6 Å². The van der Waals surface area contributed by atoms with Crippen molar-refractivity contribution in [3.8, 4) is 11.5 Å². The average Bonchev–Trinajstić information content (AvgIpc) is 2.60. The average molecular weight is 443 g/mol. The highest BCUT2D eigenvalue weighted by molar-refractivity contribution is 14.1. The highest BCUT2D eigenvalue weighted by Gasteiger charge is 2.32. The van der Waals surface area contributed by atoms with Crippen LogP contribution in [0.1, 0.15) is 19.3 Å². The number of aliphatic hydroxyl groups is 1.